The molecular weight excluding hydrogens is 460 g/mol. The minimum absolute atomic E-state index is 0.442. The van der Waals surface area contributed by atoms with Gasteiger partial charge in [-0.2, -0.15) is 0.910 Å². The molecule has 0 aliphatic rings. The third kappa shape index (κ3) is 3.49. The summed E-state index contributed by atoms with van der Waals surface area (Å²) in [7, 11) is 0. The molecule has 2 atom stereocenters. The van der Waals surface area contributed by atoms with Crippen molar-refractivity contribution < 1.29 is 0.910 Å². The Morgan fingerprint density at radius 1 is 0.684 bits per heavy atom. The Labute approximate surface area is 143 Å². The molecule has 2 rings (SSSR count). The van der Waals surface area contributed by atoms with Crippen molar-refractivity contribution in [2.24, 2.45) is 0 Å². The Bertz CT molecular complexity index is 463. The van der Waals surface area contributed by atoms with Gasteiger partial charge in [0.1, 0.15) is 12.1 Å². The fraction of sp³-hybridized carbons (Fsp3) is 0.250. The van der Waals surface area contributed by atoms with Crippen LogP contribution in [0.2, 0.25) is 0 Å². The van der Waals surface area contributed by atoms with Gasteiger partial charge in [0, 0.05) is 11.1 Å². The van der Waals surface area contributed by atoms with Gasteiger partial charge in [-0.3, -0.25) is 0 Å². The summed E-state index contributed by atoms with van der Waals surface area (Å²) in [6, 6.07) is 22.4. The third-order valence-corrected chi connectivity index (χ3v) is 6.94. The van der Waals surface area contributed by atoms with Crippen LogP contribution >= 0.6 is 45.7 Å². The average molecular weight is 478 g/mol. The number of hydrogen-bond donors (Lipinski definition) is 0. The fourth-order valence-corrected chi connectivity index (χ4v) is 3.48. The lowest BCUT2D eigenvalue weighted by molar-refractivity contribution is -0.634. The first-order valence-electron chi connectivity index (χ1n) is 6.41. The van der Waals surface area contributed by atoms with Crippen LogP contribution in [0.1, 0.15) is 37.1 Å². The summed E-state index contributed by atoms with van der Waals surface area (Å²) in [6.45, 7) is 4.60. The molecule has 0 aromatic heterocycles. The number of quaternary nitrogens is 1. The highest BCUT2D eigenvalue weighted by molar-refractivity contribution is 14.2. The first-order valence-corrected chi connectivity index (χ1v) is 8.34. The summed E-state index contributed by atoms with van der Waals surface area (Å²) in [5.41, 5.74) is 2.77. The van der Waals surface area contributed by atoms with Gasteiger partial charge < -0.3 is 0 Å². The molecule has 0 saturated carbocycles. The molecule has 3 heteroatoms. The number of benzene rings is 2. The first-order chi connectivity index (χ1) is 9.03. The van der Waals surface area contributed by atoms with E-state index in [-0.39, 0.29) is 0 Å². The molecule has 0 aliphatic heterocycles. The van der Waals surface area contributed by atoms with Gasteiger partial charge in [-0.05, 0) is 13.8 Å². The zero-order valence-electron chi connectivity index (χ0n) is 11.1. The Morgan fingerprint density at radius 3 is 1.32 bits per heavy atom. The van der Waals surface area contributed by atoms with E-state index in [1.807, 2.05) is 0 Å². The Balaban J connectivity index is 2.27. The van der Waals surface area contributed by atoms with Gasteiger partial charge in [0.05, 0.1) is 0 Å². The van der Waals surface area contributed by atoms with Crippen molar-refractivity contribution in [3.8, 4) is 0 Å². The summed E-state index contributed by atoms with van der Waals surface area (Å²) in [4.78, 5) is 0. The smallest absolute Gasteiger partial charge is 0.200 e. The van der Waals surface area contributed by atoms with Crippen LogP contribution in [0.15, 0.2) is 60.7 Å². The molecule has 2 aromatic rings. The van der Waals surface area contributed by atoms with Gasteiger partial charge in [0.15, 0.2) is 0 Å². The monoisotopic (exact) mass is 478 g/mol. The molecule has 0 N–H and O–H groups in total. The SMILES string of the molecule is C[C@@H](c1ccccc1)[N+](I)(I)[C@@H](C)c1ccccc1. The van der Waals surface area contributed by atoms with Gasteiger partial charge >= 0.3 is 0 Å². The van der Waals surface area contributed by atoms with Crippen molar-refractivity contribution in [2.75, 3.05) is 0 Å². The molecular formula is C16H18I2N+. The molecule has 2 aromatic carbocycles. The van der Waals surface area contributed by atoms with E-state index in [0.717, 1.165) is 0.910 Å². The molecule has 0 unspecified atom stereocenters. The zero-order chi connectivity index (χ0) is 13.9. The topological polar surface area (TPSA) is 0 Å². The van der Waals surface area contributed by atoms with Gasteiger partial charge in [-0.1, -0.05) is 60.7 Å². The van der Waals surface area contributed by atoms with E-state index < -0.39 is 0 Å². The van der Waals surface area contributed by atoms with Gasteiger partial charge in [0.2, 0.25) is 0 Å². The second kappa shape index (κ2) is 6.54. The highest BCUT2D eigenvalue weighted by Gasteiger charge is 2.38. The molecule has 0 amide bonds. The predicted molar refractivity (Wildman–Crippen MR) is 98.0 cm³/mol. The maximum atomic E-state index is 2.56. The van der Waals surface area contributed by atoms with Crippen LogP contribution in [0, 0.1) is 0 Å². The second-order valence-corrected chi connectivity index (χ2v) is 9.82. The van der Waals surface area contributed by atoms with Gasteiger partial charge in [-0.25, -0.2) is 0 Å². The highest BCUT2D eigenvalue weighted by atomic mass is 127. The van der Waals surface area contributed by atoms with Crippen molar-refractivity contribution in [1.82, 2.24) is 0 Å². The first kappa shape index (κ1) is 15.3. The van der Waals surface area contributed by atoms with E-state index in [0.29, 0.717) is 12.1 Å². The summed E-state index contributed by atoms with van der Waals surface area (Å²) in [5.74, 6) is 0. The van der Waals surface area contributed by atoms with Crippen molar-refractivity contribution in [3.05, 3.63) is 71.8 Å². The van der Waals surface area contributed by atoms with Gasteiger partial charge in [-0.15, -0.1) is 0 Å². The van der Waals surface area contributed by atoms with Crippen LogP contribution < -0.4 is 0 Å². The fourth-order valence-electron chi connectivity index (χ4n) is 2.20. The standard InChI is InChI=1S/C16H18I2N/c1-13(15-9-5-3-6-10-15)19(17,18)14(2)16-11-7-4-8-12-16/h3-14H,1-2H3/q+1/t13-,14-/m0/s1. The highest BCUT2D eigenvalue weighted by Crippen LogP contribution is 2.47. The third-order valence-electron chi connectivity index (χ3n) is 3.60. The van der Waals surface area contributed by atoms with Crippen molar-refractivity contribution >= 4 is 45.7 Å². The molecule has 0 aliphatic carbocycles. The second-order valence-electron chi connectivity index (χ2n) is 4.78. The van der Waals surface area contributed by atoms with Gasteiger partial charge in [0.25, 0.3) is 45.7 Å². The quantitative estimate of drug-likeness (QED) is 0.372. The van der Waals surface area contributed by atoms with Crippen LogP contribution in [0.3, 0.4) is 0 Å². The molecule has 100 valence electrons. The lowest BCUT2D eigenvalue weighted by Gasteiger charge is -2.35. The Hall–Kier alpha value is -0.140. The average Bonchev–Trinajstić information content (AvgIpc) is 2.47. The molecule has 0 radical (unpaired) electrons. The van der Waals surface area contributed by atoms with Crippen molar-refractivity contribution in [1.29, 1.82) is 0 Å². The van der Waals surface area contributed by atoms with Crippen molar-refractivity contribution in [2.45, 2.75) is 25.9 Å². The molecule has 0 spiro atoms. The zero-order valence-corrected chi connectivity index (χ0v) is 15.4. The van der Waals surface area contributed by atoms with E-state index in [2.05, 4.69) is 120 Å². The van der Waals surface area contributed by atoms with Crippen LogP contribution in [0.25, 0.3) is 0 Å². The van der Waals surface area contributed by atoms with Crippen LogP contribution in [0.5, 0.6) is 0 Å². The maximum absolute atomic E-state index is 2.56. The van der Waals surface area contributed by atoms with Crippen LogP contribution in [-0.4, -0.2) is 0.910 Å². The summed E-state index contributed by atoms with van der Waals surface area (Å²) in [5, 5.41) is 0. The van der Waals surface area contributed by atoms with Crippen LogP contribution in [0.4, 0.5) is 0 Å². The molecule has 0 saturated heterocycles. The number of hydrogen-bond acceptors (Lipinski definition) is 0. The minimum Gasteiger partial charge on any atom is -0.200 e. The van der Waals surface area contributed by atoms with E-state index in [4.69, 9.17) is 0 Å². The maximum Gasteiger partial charge on any atom is 0.258 e. The van der Waals surface area contributed by atoms with Crippen molar-refractivity contribution in [3.63, 3.8) is 0 Å². The largest absolute Gasteiger partial charge is 0.258 e. The minimum atomic E-state index is 0.442. The van der Waals surface area contributed by atoms with E-state index in [1.54, 1.807) is 0 Å². The number of rotatable bonds is 4. The molecule has 1 nitrogen and oxygen atoms in total. The van der Waals surface area contributed by atoms with Crippen LogP contribution in [-0.2, 0) is 0 Å². The lowest BCUT2D eigenvalue weighted by Crippen LogP contribution is -2.31. The Morgan fingerprint density at radius 2 is 1.00 bits per heavy atom. The van der Waals surface area contributed by atoms with E-state index >= 15 is 0 Å². The molecule has 0 heterocycles. The summed E-state index contributed by atoms with van der Waals surface area (Å²) < 4.78 is 0.892. The van der Waals surface area contributed by atoms with E-state index in [9.17, 15) is 0 Å². The number of halogens is 2. The molecule has 0 fully saturated rings. The summed E-state index contributed by atoms with van der Waals surface area (Å²) >= 11 is 5.12. The van der Waals surface area contributed by atoms with E-state index in [1.165, 1.54) is 11.1 Å². The number of nitrogens with zero attached hydrogens (tertiary/aromatic N) is 1. The lowest BCUT2D eigenvalue weighted by atomic mass is 10.0. The molecule has 0 bridgehead atoms. The normalized spacial score (nSPS) is 14.9. The Kier molecular flexibility index (Phi) is 5.25. The predicted octanol–water partition coefficient (Wildman–Crippen LogP) is 6.03. The molecule has 19 heavy (non-hydrogen) atoms. The summed E-state index contributed by atoms with van der Waals surface area (Å²) in [6.07, 6.45) is 0.